The summed E-state index contributed by atoms with van der Waals surface area (Å²) < 4.78 is 0. The Morgan fingerprint density at radius 3 is 2.32 bits per heavy atom. The third kappa shape index (κ3) is 4.78. The molecular formula is C30H36ClN5O. The zero-order valence-corrected chi connectivity index (χ0v) is 22.6. The zero-order chi connectivity index (χ0) is 25.5. The molecule has 2 fully saturated rings. The topological polar surface area (TPSA) is 42.1 Å². The van der Waals surface area contributed by atoms with Crippen molar-refractivity contribution in [1.82, 2.24) is 9.80 Å². The second-order valence-electron chi connectivity index (χ2n) is 10.9. The molecule has 0 aliphatic carbocycles. The molecule has 3 heterocycles. The van der Waals surface area contributed by atoms with Crippen molar-refractivity contribution in [3.8, 4) is 0 Å². The summed E-state index contributed by atoms with van der Waals surface area (Å²) in [5, 5.41) is 6.39. The van der Waals surface area contributed by atoms with Crippen LogP contribution >= 0.6 is 11.6 Å². The molecule has 194 valence electrons. The number of benzene rings is 3. The number of carbonyl (C=O) groups is 1. The monoisotopic (exact) mass is 517 g/mol. The minimum atomic E-state index is -0.0809. The highest BCUT2D eigenvalue weighted by molar-refractivity contribution is 6.33. The zero-order valence-electron chi connectivity index (χ0n) is 21.8. The number of hydrogen-bond donors (Lipinski definition) is 1. The number of anilines is 3. The second kappa shape index (κ2) is 10.2. The first kappa shape index (κ1) is 24.5. The molecule has 3 aromatic carbocycles. The number of carbonyl (C=O) groups excluding carboxylic acids is 1. The minimum Gasteiger partial charge on any atom is -0.368 e. The van der Waals surface area contributed by atoms with E-state index >= 15 is 0 Å². The molecule has 0 unspecified atom stereocenters. The smallest absolute Gasteiger partial charge is 0.326 e. The average Bonchev–Trinajstić information content (AvgIpc) is 3.32. The van der Waals surface area contributed by atoms with Gasteiger partial charge in [0.15, 0.2) is 0 Å². The van der Waals surface area contributed by atoms with E-state index in [1.807, 2.05) is 11.0 Å². The molecule has 0 aromatic heterocycles. The van der Waals surface area contributed by atoms with Crippen molar-refractivity contribution in [2.45, 2.75) is 25.2 Å². The van der Waals surface area contributed by atoms with Crippen molar-refractivity contribution < 1.29 is 4.79 Å². The lowest BCUT2D eigenvalue weighted by molar-refractivity contribution is 0.256. The maximum absolute atomic E-state index is 13.6. The maximum Gasteiger partial charge on any atom is 0.326 e. The van der Waals surface area contributed by atoms with Crippen LogP contribution in [0.2, 0.25) is 5.02 Å². The van der Waals surface area contributed by atoms with Gasteiger partial charge in [-0.2, -0.15) is 0 Å². The molecule has 6 rings (SSSR count). The third-order valence-electron chi connectivity index (χ3n) is 8.49. The van der Waals surface area contributed by atoms with Gasteiger partial charge in [-0.05, 0) is 87.1 Å². The predicted octanol–water partition coefficient (Wildman–Crippen LogP) is 5.65. The Morgan fingerprint density at radius 2 is 1.54 bits per heavy atom. The van der Waals surface area contributed by atoms with E-state index in [1.54, 1.807) is 0 Å². The summed E-state index contributed by atoms with van der Waals surface area (Å²) in [6.45, 7) is 6.83. The van der Waals surface area contributed by atoms with Crippen molar-refractivity contribution in [3.63, 3.8) is 0 Å². The van der Waals surface area contributed by atoms with Crippen LogP contribution in [0.4, 0.5) is 21.9 Å². The minimum absolute atomic E-state index is 0.0809. The van der Waals surface area contributed by atoms with Crippen LogP contribution in [0.1, 0.15) is 29.9 Å². The fourth-order valence-corrected chi connectivity index (χ4v) is 6.50. The molecule has 2 saturated heterocycles. The number of likely N-dealkylation sites (tertiary alicyclic amines) is 1. The lowest BCUT2D eigenvalue weighted by Gasteiger charge is -2.35. The van der Waals surface area contributed by atoms with Gasteiger partial charge in [0, 0.05) is 38.1 Å². The predicted molar refractivity (Wildman–Crippen MR) is 155 cm³/mol. The van der Waals surface area contributed by atoms with Crippen LogP contribution in [0.15, 0.2) is 48.5 Å². The summed E-state index contributed by atoms with van der Waals surface area (Å²) in [4.78, 5) is 22.6. The standard InChI is InChI=1S/C30H36ClN5O/c1-33-12-9-21(10-13-33)23-5-3-7-25-24(23)6-4-8-27(25)32-30(37)36-14-11-22-19-26(31)29(20-28(22)36)35-17-15-34(2)16-18-35/h3-8,19-21H,9-18H2,1-2H3,(H,32,37). The Hall–Kier alpha value is -2.80. The molecule has 0 atom stereocenters. The molecule has 0 saturated carbocycles. The van der Waals surface area contributed by atoms with Gasteiger partial charge >= 0.3 is 6.03 Å². The Morgan fingerprint density at radius 1 is 0.838 bits per heavy atom. The number of rotatable bonds is 3. The van der Waals surface area contributed by atoms with Crippen LogP contribution in [-0.4, -0.2) is 75.7 Å². The van der Waals surface area contributed by atoms with Gasteiger partial charge in [0.1, 0.15) is 0 Å². The molecule has 7 heteroatoms. The van der Waals surface area contributed by atoms with Crippen molar-refractivity contribution in [2.75, 3.05) is 75.0 Å². The fraction of sp³-hybridized carbons (Fsp3) is 0.433. The van der Waals surface area contributed by atoms with Gasteiger partial charge in [-0.25, -0.2) is 4.79 Å². The number of amides is 2. The summed E-state index contributed by atoms with van der Waals surface area (Å²) in [7, 11) is 4.35. The fourth-order valence-electron chi connectivity index (χ4n) is 6.20. The van der Waals surface area contributed by atoms with Crippen molar-refractivity contribution in [3.05, 3.63) is 64.7 Å². The number of piperidine rings is 1. The first-order valence-corrected chi connectivity index (χ1v) is 13.9. The third-order valence-corrected chi connectivity index (χ3v) is 8.79. The van der Waals surface area contributed by atoms with Crippen LogP contribution in [0.3, 0.4) is 0 Å². The van der Waals surface area contributed by atoms with E-state index in [9.17, 15) is 4.79 Å². The summed E-state index contributed by atoms with van der Waals surface area (Å²) >= 11 is 6.71. The van der Waals surface area contributed by atoms with Crippen LogP contribution in [0.5, 0.6) is 0 Å². The maximum atomic E-state index is 13.6. The molecule has 37 heavy (non-hydrogen) atoms. The molecule has 0 radical (unpaired) electrons. The number of fused-ring (bicyclic) bond motifs is 2. The summed E-state index contributed by atoms with van der Waals surface area (Å²) in [5.74, 6) is 0.564. The lowest BCUT2D eigenvalue weighted by atomic mass is 9.86. The molecular weight excluding hydrogens is 482 g/mol. The molecule has 3 aromatic rings. The van der Waals surface area contributed by atoms with E-state index < -0.39 is 0 Å². The molecule has 3 aliphatic heterocycles. The highest BCUT2D eigenvalue weighted by atomic mass is 35.5. The van der Waals surface area contributed by atoms with Crippen LogP contribution < -0.4 is 15.1 Å². The SMILES string of the molecule is CN1CCC(c2cccc3c(NC(=O)N4CCc5cc(Cl)c(N6CCN(C)CC6)cc54)cccc23)CC1. The molecule has 6 nitrogen and oxygen atoms in total. The highest BCUT2D eigenvalue weighted by Crippen LogP contribution is 2.39. The van der Waals surface area contributed by atoms with Gasteiger partial charge in [0.05, 0.1) is 22.1 Å². The first-order valence-electron chi connectivity index (χ1n) is 13.5. The molecule has 1 N–H and O–H groups in total. The van der Waals surface area contributed by atoms with E-state index in [0.717, 1.165) is 78.7 Å². The number of hydrogen-bond acceptors (Lipinski definition) is 4. The van der Waals surface area contributed by atoms with E-state index in [1.165, 1.54) is 23.8 Å². The number of nitrogens with zero attached hydrogens (tertiary/aromatic N) is 4. The van der Waals surface area contributed by atoms with Gasteiger partial charge in [0.2, 0.25) is 0 Å². The first-order chi connectivity index (χ1) is 18.0. The van der Waals surface area contributed by atoms with E-state index in [-0.39, 0.29) is 6.03 Å². The Labute approximate surface area is 224 Å². The number of urea groups is 1. The Bertz CT molecular complexity index is 1310. The van der Waals surface area contributed by atoms with Crippen LogP contribution in [0, 0.1) is 0 Å². The average molecular weight is 518 g/mol. The van der Waals surface area contributed by atoms with E-state index in [2.05, 4.69) is 76.6 Å². The van der Waals surface area contributed by atoms with Gasteiger partial charge in [-0.3, -0.25) is 4.90 Å². The summed E-state index contributed by atoms with van der Waals surface area (Å²) in [5.41, 5.74) is 5.42. The Balaban J connectivity index is 1.26. The number of likely N-dealkylation sites (N-methyl/N-ethyl adjacent to an activating group) is 1. The molecule has 3 aliphatic rings. The van der Waals surface area contributed by atoms with E-state index in [4.69, 9.17) is 11.6 Å². The normalized spacial score (nSPS) is 19.4. The Kier molecular flexibility index (Phi) is 6.74. The highest BCUT2D eigenvalue weighted by Gasteiger charge is 2.28. The van der Waals surface area contributed by atoms with Gasteiger partial charge in [-0.15, -0.1) is 0 Å². The lowest BCUT2D eigenvalue weighted by Crippen LogP contribution is -2.44. The van der Waals surface area contributed by atoms with Crippen molar-refractivity contribution in [1.29, 1.82) is 0 Å². The number of nitrogens with one attached hydrogen (secondary N) is 1. The van der Waals surface area contributed by atoms with Crippen LogP contribution in [0.25, 0.3) is 10.8 Å². The van der Waals surface area contributed by atoms with Gasteiger partial charge in [-0.1, -0.05) is 41.9 Å². The molecule has 0 spiro atoms. The van der Waals surface area contributed by atoms with Gasteiger partial charge < -0.3 is 20.0 Å². The second-order valence-corrected chi connectivity index (χ2v) is 11.3. The summed E-state index contributed by atoms with van der Waals surface area (Å²) in [6.07, 6.45) is 3.17. The largest absolute Gasteiger partial charge is 0.368 e. The number of piperazine rings is 1. The van der Waals surface area contributed by atoms with Crippen molar-refractivity contribution in [2.24, 2.45) is 0 Å². The molecule has 0 bridgehead atoms. The van der Waals surface area contributed by atoms with E-state index in [0.29, 0.717) is 12.5 Å². The molecule has 2 amide bonds. The summed E-state index contributed by atoms with van der Waals surface area (Å²) in [6, 6.07) is 16.9. The quantitative estimate of drug-likeness (QED) is 0.487. The van der Waals surface area contributed by atoms with Gasteiger partial charge in [0.25, 0.3) is 0 Å². The van der Waals surface area contributed by atoms with Crippen molar-refractivity contribution >= 4 is 45.5 Å². The number of halogens is 1. The van der Waals surface area contributed by atoms with Crippen LogP contribution in [-0.2, 0) is 6.42 Å².